The predicted molar refractivity (Wildman–Crippen MR) is 114 cm³/mol. The van der Waals surface area contributed by atoms with Crippen molar-refractivity contribution in [3.05, 3.63) is 103 Å². The standard InChI is InChI=1S/C25H27N/c1-4-20-25(3,5-2)21-16-18-24(19-17-21)26(22-12-8-6-9-13-22)23-14-10-7-11-15-23/h4,6-19H,1,5,20H2,2-3H3. The van der Waals surface area contributed by atoms with Crippen molar-refractivity contribution in [3.63, 3.8) is 0 Å². The maximum Gasteiger partial charge on any atom is 0.0461 e. The normalized spacial score (nSPS) is 13.0. The monoisotopic (exact) mass is 341 g/mol. The number of para-hydroxylation sites is 2. The van der Waals surface area contributed by atoms with E-state index in [0.717, 1.165) is 24.2 Å². The van der Waals surface area contributed by atoms with Gasteiger partial charge in [-0.15, -0.1) is 6.58 Å². The Kier molecular flexibility index (Phi) is 5.58. The minimum Gasteiger partial charge on any atom is -0.311 e. The number of anilines is 3. The van der Waals surface area contributed by atoms with Crippen LogP contribution in [0.3, 0.4) is 0 Å². The van der Waals surface area contributed by atoms with Crippen molar-refractivity contribution < 1.29 is 0 Å². The lowest BCUT2D eigenvalue weighted by molar-refractivity contribution is 0.461. The first-order valence-electron chi connectivity index (χ1n) is 9.29. The Balaban J connectivity index is 2.02. The van der Waals surface area contributed by atoms with Crippen LogP contribution in [0.15, 0.2) is 97.6 Å². The van der Waals surface area contributed by atoms with Gasteiger partial charge >= 0.3 is 0 Å². The van der Waals surface area contributed by atoms with E-state index in [0.29, 0.717) is 0 Å². The number of benzene rings is 3. The van der Waals surface area contributed by atoms with Gasteiger partial charge in [-0.05, 0) is 60.2 Å². The minimum atomic E-state index is 0.143. The number of rotatable bonds is 7. The van der Waals surface area contributed by atoms with Crippen molar-refractivity contribution in [1.82, 2.24) is 0 Å². The highest BCUT2D eigenvalue weighted by Crippen LogP contribution is 2.37. The fourth-order valence-electron chi connectivity index (χ4n) is 3.40. The molecule has 0 saturated carbocycles. The highest BCUT2D eigenvalue weighted by molar-refractivity contribution is 5.76. The van der Waals surface area contributed by atoms with Crippen molar-refractivity contribution >= 4 is 17.1 Å². The maximum atomic E-state index is 3.94. The SMILES string of the molecule is C=CCC(C)(CC)c1ccc(N(c2ccccc2)c2ccccc2)cc1. The summed E-state index contributed by atoms with van der Waals surface area (Å²) in [5, 5.41) is 0. The highest BCUT2D eigenvalue weighted by atomic mass is 15.1. The van der Waals surface area contributed by atoms with E-state index in [1.807, 2.05) is 6.08 Å². The van der Waals surface area contributed by atoms with Gasteiger partial charge in [-0.2, -0.15) is 0 Å². The van der Waals surface area contributed by atoms with Crippen molar-refractivity contribution in [2.75, 3.05) is 4.90 Å². The van der Waals surface area contributed by atoms with Gasteiger partial charge < -0.3 is 4.90 Å². The Labute approximate surface area is 157 Å². The smallest absolute Gasteiger partial charge is 0.0461 e. The van der Waals surface area contributed by atoms with Crippen LogP contribution in [-0.2, 0) is 5.41 Å². The molecule has 1 atom stereocenters. The summed E-state index contributed by atoms with van der Waals surface area (Å²) in [5.74, 6) is 0. The van der Waals surface area contributed by atoms with Gasteiger partial charge in [0, 0.05) is 17.1 Å². The molecule has 0 radical (unpaired) electrons. The summed E-state index contributed by atoms with van der Waals surface area (Å²) in [7, 11) is 0. The second-order valence-corrected chi connectivity index (χ2v) is 6.96. The van der Waals surface area contributed by atoms with Crippen LogP contribution in [0, 0.1) is 0 Å². The highest BCUT2D eigenvalue weighted by Gasteiger charge is 2.23. The molecule has 0 saturated heterocycles. The van der Waals surface area contributed by atoms with Gasteiger partial charge in [0.25, 0.3) is 0 Å². The van der Waals surface area contributed by atoms with Crippen molar-refractivity contribution in [2.45, 2.75) is 32.1 Å². The summed E-state index contributed by atoms with van der Waals surface area (Å²) >= 11 is 0. The molecule has 26 heavy (non-hydrogen) atoms. The lowest BCUT2D eigenvalue weighted by Gasteiger charge is -2.29. The molecule has 0 amide bonds. The molecule has 0 spiro atoms. The summed E-state index contributed by atoms with van der Waals surface area (Å²) in [6, 6.07) is 30.0. The molecule has 3 aromatic carbocycles. The van der Waals surface area contributed by atoms with E-state index < -0.39 is 0 Å². The summed E-state index contributed by atoms with van der Waals surface area (Å²) in [6.45, 7) is 8.50. The Bertz CT molecular complexity index is 782. The van der Waals surface area contributed by atoms with E-state index in [1.54, 1.807) is 0 Å². The third-order valence-corrected chi connectivity index (χ3v) is 5.23. The minimum absolute atomic E-state index is 0.143. The molecule has 132 valence electrons. The maximum absolute atomic E-state index is 3.94. The van der Waals surface area contributed by atoms with Crippen LogP contribution < -0.4 is 4.90 Å². The molecule has 1 nitrogen and oxygen atoms in total. The zero-order valence-electron chi connectivity index (χ0n) is 15.7. The van der Waals surface area contributed by atoms with Gasteiger partial charge in [0.15, 0.2) is 0 Å². The van der Waals surface area contributed by atoms with E-state index in [1.165, 1.54) is 11.3 Å². The van der Waals surface area contributed by atoms with Crippen LogP contribution >= 0.6 is 0 Å². The van der Waals surface area contributed by atoms with Crippen molar-refractivity contribution in [1.29, 1.82) is 0 Å². The summed E-state index contributed by atoms with van der Waals surface area (Å²) in [5.41, 5.74) is 5.00. The molecule has 1 heteroatoms. The molecule has 3 rings (SSSR count). The zero-order chi connectivity index (χ0) is 18.4. The summed E-state index contributed by atoms with van der Waals surface area (Å²) in [6.07, 6.45) is 4.11. The Morgan fingerprint density at radius 1 is 0.769 bits per heavy atom. The first kappa shape index (κ1) is 18.0. The van der Waals surface area contributed by atoms with E-state index in [4.69, 9.17) is 0 Å². The molecule has 1 unspecified atom stereocenters. The van der Waals surface area contributed by atoms with Crippen molar-refractivity contribution in [2.24, 2.45) is 0 Å². The summed E-state index contributed by atoms with van der Waals surface area (Å²) < 4.78 is 0. The number of allylic oxidation sites excluding steroid dienone is 1. The van der Waals surface area contributed by atoms with Gasteiger partial charge in [0.1, 0.15) is 0 Å². The van der Waals surface area contributed by atoms with Crippen LogP contribution in [0.4, 0.5) is 17.1 Å². The molecular weight excluding hydrogens is 314 g/mol. The van der Waals surface area contributed by atoms with E-state index in [9.17, 15) is 0 Å². The quantitative estimate of drug-likeness (QED) is 0.405. The lowest BCUT2D eigenvalue weighted by atomic mass is 9.77. The average Bonchev–Trinajstić information content (AvgIpc) is 2.70. The van der Waals surface area contributed by atoms with Gasteiger partial charge in [0.2, 0.25) is 0 Å². The Morgan fingerprint density at radius 3 is 1.65 bits per heavy atom. The van der Waals surface area contributed by atoms with Gasteiger partial charge in [-0.3, -0.25) is 0 Å². The third kappa shape index (κ3) is 3.72. The van der Waals surface area contributed by atoms with Crippen LogP contribution in [0.2, 0.25) is 0 Å². The van der Waals surface area contributed by atoms with Crippen LogP contribution in [0.1, 0.15) is 32.3 Å². The first-order valence-corrected chi connectivity index (χ1v) is 9.29. The number of hydrogen-bond donors (Lipinski definition) is 0. The molecule has 0 aliphatic rings. The largest absolute Gasteiger partial charge is 0.311 e. The molecular formula is C25H27N. The third-order valence-electron chi connectivity index (χ3n) is 5.23. The molecule has 0 aromatic heterocycles. The van der Waals surface area contributed by atoms with Crippen molar-refractivity contribution in [3.8, 4) is 0 Å². The second-order valence-electron chi connectivity index (χ2n) is 6.96. The van der Waals surface area contributed by atoms with Gasteiger partial charge in [-0.25, -0.2) is 0 Å². The van der Waals surface area contributed by atoms with Gasteiger partial charge in [0.05, 0.1) is 0 Å². The fraction of sp³-hybridized carbons (Fsp3) is 0.200. The molecule has 3 aromatic rings. The predicted octanol–water partition coefficient (Wildman–Crippen LogP) is 7.40. The number of nitrogens with zero attached hydrogens (tertiary/aromatic N) is 1. The van der Waals surface area contributed by atoms with E-state index >= 15 is 0 Å². The van der Waals surface area contributed by atoms with Gasteiger partial charge in [-0.1, -0.05) is 68.5 Å². The van der Waals surface area contributed by atoms with Crippen LogP contribution in [0.5, 0.6) is 0 Å². The molecule has 0 fully saturated rings. The zero-order valence-corrected chi connectivity index (χ0v) is 15.7. The first-order chi connectivity index (χ1) is 12.7. The van der Waals surface area contributed by atoms with Crippen LogP contribution in [-0.4, -0.2) is 0 Å². The van der Waals surface area contributed by atoms with E-state index in [2.05, 4.69) is 110 Å². The molecule has 0 bridgehead atoms. The molecule has 0 heterocycles. The summed E-state index contributed by atoms with van der Waals surface area (Å²) in [4.78, 5) is 2.29. The Hall–Kier alpha value is -2.80. The Morgan fingerprint density at radius 2 is 1.23 bits per heavy atom. The topological polar surface area (TPSA) is 3.24 Å². The fourth-order valence-corrected chi connectivity index (χ4v) is 3.40. The lowest BCUT2D eigenvalue weighted by Crippen LogP contribution is -2.20. The van der Waals surface area contributed by atoms with Crippen LogP contribution in [0.25, 0.3) is 0 Å². The molecule has 0 N–H and O–H groups in total. The molecule has 0 aliphatic carbocycles. The average molecular weight is 341 g/mol. The second kappa shape index (κ2) is 8.05. The van der Waals surface area contributed by atoms with E-state index in [-0.39, 0.29) is 5.41 Å². The number of hydrogen-bond acceptors (Lipinski definition) is 1. The molecule has 0 aliphatic heterocycles.